The van der Waals surface area contributed by atoms with Crippen molar-refractivity contribution in [3.8, 4) is 0 Å². The average Bonchev–Trinajstić information content (AvgIpc) is 3.25. The highest BCUT2D eigenvalue weighted by molar-refractivity contribution is 5.78. The fourth-order valence-corrected chi connectivity index (χ4v) is 5.21. The maximum atomic E-state index is 12.3. The van der Waals surface area contributed by atoms with Crippen LogP contribution in [0.15, 0.2) is 35.1 Å². The number of carbonyl (C=O) groups is 1. The van der Waals surface area contributed by atoms with E-state index in [0.29, 0.717) is 18.4 Å². The fourth-order valence-electron chi connectivity index (χ4n) is 5.21. The number of nitrogens with one attached hydrogen (secondary N) is 2. The Morgan fingerprint density at radius 1 is 1.16 bits per heavy atom. The van der Waals surface area contributed by atoms with E-state index in [9.17, 15) is 9.59 Å². The summed E-state index contributed by atoms with van der Waals surface area (Å²) in [5, 5.41) is 3.91. The molecule has 1 aromatic heterocycles. The summed E-state index contributed by atoms with van der Waals surface area (Å²) in [5.74, 6) is 0.829. The third-order valence-corrected chi connectivity index (χ3v) is 7.11. The number of carbonyl (C=O) groups excluding carboxylic acids is 1. The molecule has 2 fully saturated rings. The van der Waals surface area contributed by atoms with Gasteiger partial charge >= 0.3 is 0 Å². The zero-order valence-corrected chi connectivity index (χ0v) is 18.7. The molecule has 1 amide bonds. The Hall–Kier alpha value is -2.18. The molecule has 2 N–H and O–H groups in total. The summed E-state index contributed by atoms with van der Waals surface area (Å²) in [7, 11) is 0. The van der Waals surface area contributed by atoms with E-state index >= 15 is 0 Å². The van der Waals surface area contributed by atoms with Crippen molar-refractivity contribution in [1.29, 1.82) is 0 Å². The highest BCUT2D eigenvalue weighted by atomic mass is 16.1. The van der Waals surface area contributed by atoms with Gasteiger partial charge in [-0.1, -0.05) is 19.1 Å². The van der Waals surface area contributed by atoms with Gasteiger partial charge in [0, 0.05) is 48.2 Å². The molecular formula is C25H36N4O2. The summed E-state index contributed by atoms with van der Waals surface area (Å²) in [6, 6.07) is 9.95. The first kappa shape index (κ1) is 22.0. The van der Waals surface area contributed by atoms with Crippen molar-refractivity contribution in [3.63, 3.8) is 0 Å². The predicted molar refractivity (Wildman–Crippen MR) is 125 cm³/mol. The largest absolute Gasteiger partial charge is 0.357 e. The van der Waals surface area contributed by atoms with Crippen LogP contribution in [0, 0.1) is 5.92 Å². The van der Waals surface area contributed by atoms with E-state index in [4.69, 9.17) is 0 Å². The van der Waals surface area contributed by atoms with Crippen LogP contribution in [0.1, 0.15) is 51.1 Å². The molecule has 0 unspecified atom stereocenters. The second-order valence-corrected chi connectivity index (χ2v) is 9.19. The summed E-state index contributed by atoms with van der Waals surface area (Å²) in [4.78, 5) is 32.9. The summed E-state index contributed by atoms with van der Waals surface area (Å²) in [5.41, 5.74) is 1.98. The summed E-state index contributed by atoms with van der Waals surface area (Å²) in [6.45, 7) is 8.07. The SMILES string of the molecule is CCN1CCC[C@H]1CNC(=O)CCC1CCN(Cc2cc(=O)c3ccccc3[nH]2)CC1. The molecule has 0 saturated carbocycles. The van der Waals surface area contributed by atoms with Crippen LogP contribution in [0.3, 0.4) is 0 Å². The van der Waals surface area contributed by atoms with Crippen molar-refractivity contribution in [2.75, 3.05) is 32.7 Å². The number of nitrogens with zero attached hydrogens (tertiary/aromatic N) is 2. The molecular weight excluding hydrogens is 388 g/mol. The van der Waals surface area contributed by atoms with Gasteiger partial charge in [-0.25, -0.2) is 0 Å². The highest BCUT2D eigenvalue weighted by Gasteiger charge is 2.24. The molecule has 2 aromatic rings. The molecule has 3 heterocycles. The average molecular weight is 425 g/mol. The smallest absolute Gasteiger partial charge is 0.220 e. The molecule has 2 saturated heterocycles. The molecule has 1 aromatic carbocycles. The molecule has 0 aliphatic carbocycles. The van der Waals surface area contributed by atoms with Gasteiger partial charge in [0.15, 0.2) is 5.43 Å². The van der Waals surface area contributed by atoms with Crippen LogP contribution in [-0.4, -0.2) is 59.5 Å². The first-order chi connectivity index (χ1) is 15.1. The Kier molecular flexibility index (Phi) is 7.41. The summed E-state index contributed by atoms with van der Waals surface area (Å²) in [6.07, 6.45) is 6.32. The number of benzene rings is 1. The zero-order chi connectivity index (χ0) is 21.6. The zero-order valence-electron chi connectivity index (χ0n) is 18.7. The molecule has 2 aliphatic rings. The molecule has 6 heteroatoms. The number of likely N-dealkylation sites (N-methyl/N-ethyl adjacent to an activating group) is 1. The Balaban J connectivity index is 1.18. The predicted octanol–water partition coefficient (Wildman–Crippen LogP) is 3.12. The van der Waals surface area contributed by atoms with Crippen LogP contribution in [-0.2, 0) is 11.3 Å². The van der Waals surface area contributed by atoms with Gasteiger partial charge in [-0.15, -0.1) is 0 Å². The molecule has 4 rings (SSSR count). The Labute approximate surface area is 185 Å². The van der Waals surface area contributed by atoms with Gasteiger partial charge in [-0.3, -0.25) is 19.4 Å². The maximum absolute atomic E-state index is 12.3. The number of likely N-dealkylation sites (tertiary alicyclic amines) is 2. The fraction of sp³-hybridized carbons (Fsp3) is 0.600. The van der Waals surface area contributed by atoms with Crippen LogP contribution in [0.25, 0.3) is 10.9 Å². The van der Waals surface area contributed by atoms with Crippen LogP contribution in [0.4, 0.5) is 0 Å². The number of aromatic amines is 1. The van der Waals surface area contributed by atoms with Gasteiger partial charge in [0.2, 0.25) is 5.91 Å². The van der Waals surface area contributed by atoms with Crippen LogP contribution < -0.4 is 10.7 Å². The van der Waals surface area contributed by atoms with E-state index in [1.165, 1.54) is 19.4 Å². The van der Waals surface area contributed by atoms with E-state index in [-0.39, 0.29) is 11.3 Å². The first-order valence-electron chi connectivity index (χ1n) is 12.0. The van der Waals surface area contributed by atoms with Crippen LogP contribution in [0.2, 0.25) is 0 Å². The minimum absolute atomic E-state index is 0.0879. The number of piperidine rings is 1. The van der Waals surface area contributed by atoms with E-state index in [1.807, 2.05) is 24.3 Å². The maximum Gasteiger partial charge on any atom is 0.220 e. The van der Waals surface area contributed by atoms with Gasteiger partial charge < -0.3 is 10.3 Å². The topological polar surface area (TPSA) is 68.4 Å². The number of aromatic nitrogens is 1. The minimum Gasteiger partial charge on any atom is -0.357 e. The number of hydrogen-bond donors (Lipinski definition) is 2. The van der Waals surface area contributed by atoms with Crippen molar-refractivity contribution < 1.29 is 4.79 Å². The normalized spacial score (nSPS) is 21.0. The quantitative estimate of drug-likeness (QED) is 0.683. The monoisotopic (exact) mass is 424 g/mol. The number of para-hydroxylation sites is 1. The number of rotatable bonds is 8. The van der Waals surface area contributed by atoms with Crippen molar-refractivity contribution in [2.45, 2.75) is 58.0 Å². The number of H-pyrrole nitrogens is 1. The Morgan fingerprint density at radius 2 is 1.97 bits per heavy atom. The standard InChI is InChI=1S/C25H36N4O2/c1-2-29-13-5-6-21(29)17-26-25(31)10-9-19-11-14-28(15-12-19)18-20-16-24(30)22-7-3-4-8-23(22)27-20/h3-4,7-8,16,19,21H,2,5-6,9-15,17-18H2,1H3,(H,26,31)(H,27,30)/t21-/m0/s1. The van der Waals surface area contributed by atoms with Gasteiger partial charge in [0.1, 0.15) is 0 Å². The van der Waals surface area contributed by atoms with Crippen molar-refractivity contribution in [2.24, 2.45) is 5.92 Å². The Morgan fingerprint density at radius 3 is 2.77 bits per heavy atom. The second kappa shape index (κ2) is 10.4. The number of fused-ring (bicyclic) bond motifs is 1. The van der Waals surface area contributed by atoms with E-state index in [0.717, 1.165) is 68.6 Å². The third kappa shape index (κ3) is 5.74. The minimum atomic E-state index is 0.0879. The molecule has 0 bridgehead atoms. The molecule has 6 nitrogen and oxygen atoms in total. The van der Waals surface area contributed by atoms with Gasteiger partial charge in [-0.2, -0.15) is 0 Å². The van der Waals surface area contributed by atoms with E-state index in [2.05, 4.69) is 27.0 Å². The molecule has 0 radical (unpaired) electrons. The van der Waals surface area contributed by atoms with Crippen LogP contribution >= 0.6 is 0 Å². The van der Waals surface area contributed by atoms with Crippen molar-refractivity contribution >= 4 is 16.8 Å². The lowest BCUT2D eigenvalue weighted by Gasteiger charge is -2.31. The summed E-state index contributed by atoms with van der Waals surface area (Å²) >= 11 is 0. The molecule has 0 spiro atoms. The summed E-state index contributed by atoms with van der Waals surface area (Å²) < 4.78 is 0. The van der Waals surface area contributed by atoms with Gasteiger partial charge in [0.05, 0.1) is 0 Å². The number of hydrogen-bond acceptors (Lipinski definition) is 4. The van der Waals surface area contributed by atoms with Crippen molar-refractivity contribution in [3.05, 3.63) is 46.2 Å². The van der Waals surface area contributed by atoms with Gasteiger partial charge in [0.25, 0.3) is 0 Å². The van der Waals surface area contributed by atoms with Crippen LogP contribution in [0.5, 0.6) is 0 Å². The lowest BCUT2D eigenvalue weighted by molar-refractivity contribution is -0.121. The molecule has 168 valence electrons. The molecule has 2 aliphatic heterocycles. The van der Waals surface area contributed by atoms with Crippen molar-refractivity contribution in [1.82, 2.24) is 20.1 Å². The third-order valence-electron chi connectivity index (χ3n) is 7.11. The molecule has 31 heavy (non-hydrogen) atoms. The lowest BCUT2D eigenvalue weighted by Crippen LogP contribution is -2.40. The van der Waals surface area contributed by atoms with E-state index in [1.54, 1.807) is 6.07 Å². The number of pyridine rings is 1. The lowest BCUT2D eigenvalue weighted by atomic mass is 9.92. The highest BCUT2D eigenvalue weighted by Crippen LogP contribution is 2.23. The van der Waals surface area contributed by atoms with Gasteiger partial charge in [-0.05, 0) is 76.3 Å². The van der Waals surface area contributed by atoms with E-state index < -0.39 is 0 Å². The Bertz CT molecular complexity index is 933. The second-order valence-electron chi connectivity index (χ2n) is 9.19. The first-order valence-corrected chi connectivity index (χ1v) is 12.0. The molecule has 1 atom stereocenters. The number of amides is 1.